The second-order valence-electron chi connectivity index (χ2n) is 7.16. The second-order valence-corrected chi connectivity index (χ2v) is 9.62. The number of alkyl halides is 6. The summed E-state index contributed by atoms with van der Waals surface area (Å²) in [5, 5.41) is 9.04. The highest BCUT2D eigenvalue weighted by atomic mass is 79.9. The van der Waals surface area contributed by atoms with Crippen molar-refractivity contribution in [2.24, 2.45) is 0 Å². The molecule has 0 radical (unpaired) electrons. The second kappa shape index (κ2) is 10.7. The lowest BCUT2D eigenvalue weighted by Crippen LogP contribution is -2.29. The van der Waals surface area contributed by atoms with Crippen LogP contribution in [0, 0.1) is 11.3 Å². The molecule has 0 saturated heterocycles. The Hall–Kier alpha value is -3.04. The van der Waals surface area contributed by atoms with Gasteiger partial charge in [0, 0.05) is 12.2 Å². The molecule has 0 amide bonds. The molecule has 0 aliphatic heterocycles. The number of carbonyl (C=O) groups is 1. The maximum absolute atomic E-state index is 13.5. The molecule has 12 heteroatoms. The molecule has 0 aliphatic rings. The number of halogens is 7. The van der Waals surface area contributed by atoms with Gasteiger partial charge in [0.15, 0.2) is 0 Å². The van der Waals surface area contributed by atoms with Gasteiger partial charge in [-0.2, -0.15) is 31.6 Å². The molecule has 0 spiro atoms. The molecule has 0 bridgehead atoms. The van der Waals surface area contributed by atoms with Crippen molar-refractivity contribution in [1.29, 1.82) is 5.26 Å². The molecule has 3 aromatic rings. The van der Waals surface area contributed by atoms with E-state index in [1.165, 1.54) is 41.3 Å². The first-order valence-corrected chi connectivity index (χ1v) is 11.4. The Balaban J connectivity index is 1.92. The summed E-state index contributed by atoms with van der Waals surface area (Å²) in [6.07, 6.45) is -9.53. The molecule has 0 aliphatic carbocycles. The minimum atomic E-state index is -4.85. The van der Waals surface area contributed by atoms with E-state index in [0.717, 1.165) is 23.5 Å². The van der Waals surface area contributed by atoms with Gasteiger partial charge in [-0.3, -0.25) is 0 Å². The Kier molecular flexibility index (Phi) is 8.12. The fourth-order valence-electron chi connectivity index (χ4n) is 3.24. The Morgan fingerprint density at radius 1 is 1.00 bits per heavy atom. The fraction of sp³-hybridized carbons (Fsp3) is 0.217. The molecule has 0 fully saturated rings. The van der Waals surface area contributed by atoms with Gasteiger partial charge in [-0.05, 0) is 57.9 Å². The SMILES string of the molecule is N#Cc1ccc(N(CCOC(=O)c2ccc(Br)s2)Cc2ccccc2C(F)(F)F)cc1C(F)(F)F. The third-order valence-electron chi connectivity index (χ3n) is 4.85. The molecule has 35 heavy (non-hydrogen) atoms. The first kappa shape index (κ1) is 26.6. The first-order chi connectivity index (χ1) is 16.4. The van der Waals surface area contributed by atoms with Crippen LogP contribution in [0.15, 0.2) is 58.4 Å². The van der Waals surface area contributed by atoms with E-state index in [9.17, 15) is 31.1 Å². The molecule has 0 N–H and O–H groups in total. The van der Waals surface area contributed by atoms with E-state index in [2.05, 4.69) is 15.9 Å². The van der Waals surface area contributed by atoms with Gasteiger partial charge in [0.05, 0.1) is 33.1 Å². The van der Waals surface area contributed by atoms with Gasteiger partial charge in [0.2, 0.25) is 0 Å². The summed E-state index contributed by atoms with van der Waals surface area (Å²) in [5.41, 5.74) is -3.02. The topological polar surface area (TPSA) is 53.3 Å². The van der Waals surface area contributed by atoms with E-state index in [1.807, 2.05) is 0 Å². The minimum Gasteiger partial charge on any atom is -0.460 e. The Morgan fingerprint density at radius 3 is 2.29 bits per heavy atom. The summed E-state index contributed by atoms with van der Waals surface area (Å²) in [6, 6.07) is 12.2. The Morgan fingerprint density at radius 2 is 1.69 bits per heavy atom. The van der Waals surface area contributed by atoms with Gasteiger partial charge < -0.3 is 9.64 Å². The van der Waals surface area contributed by atoms with E-state index < -0.39 is 41.6 Å². The lowest BCUT2D eigenvalue weighted by molar-refractivity contribution is -0.138. The number of nitriles is 1. The number of carbonyl (C=O) groups excluding carboxylic acids is 1. The smallest absolute Gasteiger partial charge is 0.417 e. The van der Waals surface area contributed by atoms with Crippen LogP contribution in [0.4, 0.5) is 32.0 Å². The van der Waals surface area contributed by atoms with Crippen LogP contribution < -0.4 is 4.90 Å². The zero-order valence-electron chi connectivity index (χ0n) is 17.6. The highest BCUT2D eigenvalue weighted by molar-refractivity contribution is 9.11. The van der Waals surface area contributed by atoms with Crippen molar-refractivity contribution in [3.63, 3.8) is 0 Å². The monoisotopic (exact) mass is 576 g/mol. The standard InChI is InChI=1S/C23H15BrF6N2O2S/c24-20-8-7-19(35-20)21(33)34-10-9-32(13-15-3-1-2-4-17(15)22(25,26)27)16-6-5-14(12-31)18(11-16)23(28,29)30/h1-8,11H,9-10,13H2. The van der Waals surface area contributed by atoms with Crippen molar-refractivity contribution in [2.45, 2.75) is 18.9 Å². The van der Waals surface area contributed by atoms with Crippen molar-refractivity contribution in [3.05, 3.63) is 85.5 Å². The summed E-state index contributed by atoms with van der Waals surface area (Å²) >= 11 is 4.33. The molecule has 1 heterocycles. The van der Waals surface area contributed by atoms with Crippen LogP contribution in [0.2, 0.25) is 0 Å². The first-order valence-electron chi connectivity index (χ1n) is 9.84. The average molecular weight is 577 g/mol. The fourth-order valence-corrected chi connectivity index (χ4v) is 4.52. The molecular weight excluding hydrogens is 562 g/mol. The van der Waals surface area contributed by atoms with Gasteiger partial charge >= 0.3 is 18.3 Å². The zero-order chi connectivity index (χ0) is 25.8. The van der Waals surface area contributed by atoms with Gasteiger partial charge in [0.1, 0.15) is 11.5 Å². The summed E-state index contributed by atoms with van der Waals surface area (Å²) in [7, 11) is 0. The van der Waals surface area contributed by atoms with E-state index in [1.54, 1.807) is 6.07 Å². The molecule has 4 nitrogen and oxygen atoms in total. The molecule has 0 saturated carbocycles. The summed E-state index contributed by atoms with van der Waals surface area (Å²) in [6.45, 7) is -0.918. The van der Waals surface area contributed by atoms with Crippen LogP contribution in [0.5, 0.6) is 0 Å². The molecule has 0 atom stereocenters. The van der Waals surface area contributed by atoms with Gasteiger partial charge in [-0.25, -0.2) is 4.79 Å². The van der Waals surface area contributed by atoms with Crippen LogP contribution in [0.1, 0.15) is 31.9 Å². The maximum Gasteiger partial charge on any atom is 0.417 e. The number of esters is 1. The molecule has 1 aromatic heterocycles. The number of ether oxygens (including phenoxy) is 1. The van der Waals surface area contributed by atoms with Gasteiger partial charge in [-0.15, -0.1) is 11.3 Å². The van der Waals surface area contributed by atoms with Crippen molar-refractivity contribution in [2.75, 3.05) is 18.1 Å². The molecule has 2 aromatic carbocycles. The third-order valence-corrected chi connectivity index (χ3v) is 6.45. The summed E-state index contributed by atoms with van der Waals surface area (Å²) in [5.74, 6) is -0.674. The van der Waals surface area contributed by atoms with E-state index in [-0.39, 0.29) is 29.3 Å². The number of hydrogen-bond acceptors (Lipinski definition) is 5. The van der Waals surface area contributed by atoms with Crippen molar-refractivity contribution in [1.82, 2.24) is 0 Å². The lowest BCUT2D eigenvalue weighted by atomic mass is 10.0. The van der Waals surface area contributed by atoms with Crippen LogP contribution in [-0.4, -0.2) is 19.1 Å². The van der Waals surface area contributed by atoms with Crippen molar-refractivity contribution in [3.8, 4) is 6.07 Å². The number of rotatable bonds is 7. The van der Waals surface area contributed by atoms with Crippen LogP contribution in [0.25, 0.3) is 0 Å². The largest absolute Gasteiger partial charge is 0.460 e. The van der Waals surface area contributed by atoms with Gasteiger partial charge in [0.25, 0.3) is 0 Å². The van der Waals surface area contributed by atoms with E-state index in [4.69, 9.17) is 10.00 Å². The zero-order valence-corrected chi connectivity index (χ0v) is 20.0. The molecular formula is C23H15BrF6N2O2S. The third kappa shape index (κ3) is 6.76. The number of thiophene rings is 1. The Labute approximate surface area is 208 Å². The number of hydrogen-bond donors (Lipinski definition) is 0. The average Bonchev–Trinajstić information content (AvgIpc) is 3.23. The van der Waals surface area contributed by atoms with Gasteiger partial charge in [-0.1, -0.05) is 18.2 Å². The van der Waals surface area contributed by atoms with Crippen molar-refractivity contribution < 1.29 is 35.9 Å². The highest BCUT2D eigenvalue weighted by Crippen LogP contribution is 2.36. The Bertz CT molecular complexity index is 1250. The predicted molar refractivity (Wildman–Crippen MR) is 121 cm³/mol. The molecule has 3 rings (SSSR count). The quantitative estimate of drug-likeness (QED) is 0.219. The number of benzene rings is 2. The van der Waals surface area contributed by atoms with Crippen LogP contribution in [0.3, 0.4) is 0 Å². The highest BCUT2D eigenvalue weighted by Gasteiger charge is 2.35. The predicted octanol–water partition coefficient (Wildman–Crippen LogP) is 7.28. The van der Waals surface area contributed by atoms with E-state index in [0.29, 0.717) is 9.85 Å². The van der Waals surface area contributed by atoms with Crippen LogP contribution in [-0.2, 0) is 23.6 Å². The van der Waals surface area contributed by atoms with Crippen LogP contribution >= 0.6 is 27.3 Å². The lowest BCUT2D eigenvalue weighted by Gasteiger charge is -2.27. The van der Waals surface area contributed by atoms with E-state index >= 15 is 0 Å². The minimum absolute atomic E-state index is 0.0804. The molecule has 0 unspecified atom stereocenters. The normalized spacial score (nSPS) is 11.7. The number of nitrogens with zero attached hydrogens (tertiary/aromatic N) is 2. The van der Waals surface area contributed by atoms with Crippen molar-refractivity contribution >= 4 is 38.9 Å². The molecule has 184 valence electrons. The maximum atomic E-state index is 13.5. The number of anilines is 1. The summed E-state index contributed by atoms with van der Waals surface area (Å²) in [4.78, 5) is 13.7. The summed E-state index contributed by atoms with van der Waals surface area (Å²) < 4.78 is 86.8.